The molecule has 112 valence electrons. The van der Waals surface area contributed by atoms with E-state index in [9.17, 15) is 4.79 Å². The highest BCUT2D eigenvalue weighted by Crippen LogP contribution is 2.25. The fourth-order valence-corrected chi connectivity index (χ4v) is 3.14. The fourth-order valence-electron chi connectivity index (χ4n) is 3.14. The maximum absolute atomic E-state index is 12.2. The van der Waals surface area contributed by atoms with Crippen LogP contribution in [-0.2, 0) is 9.53 Å². The van der Waals surface area contributed by atoms with E-state index in [1.165, 1.54) is 45.6 Å². The molecule has 0 bridgehead atoms. The van der Waals surface area contributed by atoms with Crippen LogP contribution in [0.25, 0.3) is 0 Å². The Balaban J connectivity index is 2.72. The highest BCUT2D eigenvalue weighted by Gasteiger charge is 2.38. The number of ether oxygens (including phenoxy) is 1. The molecule has 1 atom stereocenters. The summed E-state index contributed by atoms with van der Waals surface area (Å²) in [6, 6.07) is 0.485. The second-order valence-electron chi connectivity index (χ2n) is 5.86. The lowest BCUT2D eigenvalue weighted by molar-refractivity contribution is -0.149. The van der Waals surface area contributed by atoms with Crippen molar-refractivity contribution >= 4 is 5.97 Å². The van der Waals surface area contributed by atoms with Gasteiger partial charge < -0.3 is 4.74 Å². The number of carbonyl (C=O) groups excluding carboxylic acids is 1. The summed E-state index contributed by atoms with van der Waals surface area (Å²) in [4.78, 5) is 12.2. The summed E-state index contributed by atoms with van der Waals surface area (Å²) >= 11 is 0. The van der Waals surface area contributed by atoms with Crippen molar-refractivity contribution < 1.29 is 9.53 Å². The molecule has 0 aromatic heterocycles. The lowest BCUT2D eigenvalue weighted by Gasteiger charge is -2.35. The van der Waals surface area contributed by atoms with Crippen molar-refractivity contribution in [3.63, 3.8) is 0 Å². The highest BCUT2D eigenvalue weighted by atomic mass is 16.5. The highest BCUT2D eigenvalue weighted by molar-refractivity contribution is 5.80. The van der Waals surface area contributed by atoms with E-state index < -0.39 is 5.54 Å². The molecule has 0 amide bonds. The first-order valence-electron chi connectivity index (χ1n) is 8.04. The Morgan fingerprint density at radius 3 is 2.32 bits per heavy atom. The standard InChI is InChI=1S/C16H31NO2/c1-4-6-13-16(5-2,15(18)19-3)17-14-11-9-7-8-10-12-14/h14,17H,4-13H2,1-3H3. The smallest absolute Gasteiger partial charge is 0.326 e. The summed E-state index contributed by atoms with van der Waals surface area (Å²) in [6.45, 7) is 4.26. The number of hydrogen-bond donors (Lipinski definition) is 1. The van der Waals surface area contributed by atoms with Crippen molar-refractivity contribution in [1.82, 2.24) is 5.32 Å². The Morgan fingerprint density at radius 2 is 1.84 bits per heavy atom. The van der Waals surface area contributed by atoms with Gasteiger partial charge in [0.1, 0.15) is 5.54 Å². The molecule has 3 nitrogen and oxygen atoms in total. The van der Waals surface area contributed by atoms with Gasteiger partial charge in [-0.3, -0.25) is 10.1 Å². The van der Waals surface area contributed by atoms with Gasteiger partial charge in [0.2, 0.25) is 0 Å². The van der Waals surface area contributed by atoms with E-state index in [2.05, 4.69) is 19.2 Å². The molecule has 1 aliphatic rings. The first kappa shape index (κ1) is 16.5. The first-order chi connectivity index (χ1) is 9.18. The number of unbranched alkanes of at least 4 members (excludes halogenated alkanes) is 1. The second-order valence-corrected chi connectivity index (χ2v) is 5.86. The van der Waals surface area contributed by atoms with E-state index in [0.29, 0.717) is 6.04 Å². The van der Waals surface area contributed by atoms with Gasteiger partial charge in [-0.25, -0.2) is 0 Å². The van der Waals surface area contributed by atoms with Gasteiger partial charge in [-0.1, -0.05) is 52.4 Å². The third-order valence-corrected chi connectivity index (χ3v) is 4.47. The molecule has 0 spiro atoms. The van der Waals surface area contributed by atoms with Gasteiger partial charge in [0.15, 0.2) is 0 Å². The molecule has 0 radical (unpaired) electrons. The first-order valence-corrected chi connectivity index (χ1v) is 8.04. The number of carbonyl (C=O) groups is 1. The Hall–Kier alpha value is -0.570. The van der Waals surface area contributed by atoms with Crippen molar-refractivity contribution in [2.24, 2.45) is 0 Å². The van der Waals surface area contributed by atoms with Crippen molar-refractivity contribution in [3.05, 3.63) is 0 Å². The van der Waals surface area contributed by atoms with E-state index in [0.717, 1.165) is 25.7 Å². The maximum atomic E-state index is 12.2. The predicted octanol–water partition coefficient (Wildman–Crippen LogP) is 3.81. The van der Waals surface area contributed by atoms with Crippen LogP contribution in [0.4, 0.5) is 0 Å². The van der Waals surface area contributed by atoms with Gasteiger partial charge in [0, 0.05) is 6.04 Å². The van der Waals surface area contributed by atoms with Crippen LogP contribution in [0, 0.1) is 0 Å². The molecule has 3 heteroatoms. The third-order valence-electron chi connectivity index (χ3n) is 4.47. The minimum Gasteiger partial charge on any atom is -0.468 e. The Morgan fingerprint density at radius 1 is 1.21 bits per heavy atom. The van der Waals surface area contributed by atoms with E-state index in [1.54, 1.807) is 0 Å². The minimum absolute atomic E-state index is 0.0762. The molecule has 0 aliphatic heterocycles. The van der Waals surface area contributed by atoms with Gasteiger partial charge in [0.05, 0.1) is 7.11 Å². The summed E-state index contributed by atoms with van der Waals surface area (Å²) < 4.78 is 5.08. The predicted molar refractivity (Wildman–Crippen MR) is 79.2 cm³/mol. The van der Waals surface area contributed by atoms with Crippen LogP contribution in [-0.4, -0.2) is 24.7 Å². The SMILES string of the molecule is CCCCC(CC)(NC1CCCCCC1)C(=O)OC. The Bertz CT molecular complexity index is 259. The molecule has 0 aromatic carbocycles. The van der Waals surface area contributed by atoms with Crippen LogP contribution in [0.1, 0.15) is 78.1 Å². The van der Waals surface area contributed by atoms with Crippen molar-refractivity contribution in [2.75, 3.05) is 7.11 Å². The van der Waals surface area contributed by atoms with Crippen LogP contribution in [0.15, 0.2) is 0 Å². The zero-order chi connectivity index (χ0) is 14.1. The Labute approximate surface area is 118 Å². The van der Waals surface area contributed by atoms with E-state index in [4.69, 9.17) is 4.74 Å². The van der Waals surface area contributed by atoms with Crippen LogP contribution >= 0.6 is 0 Å². The van der Waals surface area contributed by atoms with Crippen molar-refractivity contribution in [2.45, 2.75) is 89.6 Å². The number of nitrogens with one attached hydrogen (secondary N) is 1. The van der Waals surface area contributed by atoms with Gasteiger partial charge >= 0.3 is 5.97 Å². The average molecular weight is 269 g/mol. The molecular weight excluding hydrogens is 238 g/mol. The Kier molecular flexibility index (Phi) is 7.44. The van der Waals surface area contributed by atoms with Crippen LogP contribution in [0.5, 0.6) is 0 Å². The fraction of sp³-hybridized carbons (Fsp3) is 0.938. The van der Waals surface area contributed by atoms with E-state index >= 15 is 0 Å². The van der Waals surface area contributed by atoms with E-state index in [1.807, 2.05) is 0 Å². The molecule has 0 heterocycles. The lowest BCUT2D eigenvalue weighted by Crippen LogP contribution is -2.56. The second kappa shape index (κ2) is 8.57. The summed E-state index contributed by atoms with van der Waals surface area (Å²) in [7, 11) is 1.51. The average Bonchev–Trinajstić information content (AvgIpc) is 2.71. The lowest BCUT2D eigenvalue weighted by atomic mass is 9.87. The normalized spacial score (nSPS) is 20.6. The molecule has 0 saturated heterocycles. The topological polar surface area (TPSA) is 38.3 Å². The summed E-state index contributed by atoms with van der Waals surface area (Å²) in [5.41, 5.74) is -0.459. The quantitative estimate of drug-likeness (QED) is 0.564. The van der Waals surface area contributed by atoms with Crippen LogP contribution in [0.3, 0.4) is 0 Å². The number of esters is 1. The molecule has 1 unspecified atom stereocenters. The number of rotatable bonds is 7. The molecule has 1 saturated carbocycles. The van der Waals surface area contributed by atoms with Gasteiger partial charge in [-0.15, -0.1) is 0 Å². The molecule has 1 fully saturated rings. The molecule has 1 N–H and O–H groups in total. The molecule has 19 heavy (non-hydrogen) atoms. The van der Waals surface area contributed by atoms with E-state index in [-0.39, 0.29) is 5.97 Å². The minimum atomic E-state index is -0.459. The summed E-state index contributed by atoms with van der Waals surface area (Å²) in [6.07, 6.45) is 11.5. The van der Waals surface area contributed by atoms with Crippen LogP contribution in [0.2, 0.25) is 0 Å². The van der Waals surface area contributed by atoms with Gasteiger partial charge in [-0.05, 0) is 25.7 Å². The largest absolute Gasteiger partial charge is 0.468 e. The molecule has 1 rings (SSSR count). The number of hydrogen-bond acceptors (Lipinski definition) is 3. The molecular formula is C16H31NO2. The van der Waals surface area contributed by atoms with Crippen LogP contribution < -0.4 is 5.32 Å². The van der Waals surface area contributed by atoms with Gasteiger partial charge in [-0.2, -0.15) is 0 Å². The number of methoxy groups -OCH3 is 1. The molecule has 1 aliphatic carbocycles. The monoisotopic (exact) mass is 269 g/mol. The van der Waals surface area contributed by atoms with Crippen molar-refractivity contribution in [1.29, 1.82) is 0 Å². The van der Waals surface area contributed by atoms with Gasteiger partial charge in [0.25, 0.3) is 0 Å². The zero-order valence-corrected chi connectivity index (χ0v) is 13.0. The van der Waals surface area contributed by atoms with Crippen molar-refractivity contribution in [3.8, 4) is 0 Å². The summed E-state index contributed by atoms with van der Waals surface area (Å²) in [5, 5.41) is 3.67. The summed E-state index contributed by atoms with van der Waals surface area (Å²) in [5.74, 6) is -0.0762. The zero-order valence-electron chi connectivity index (χ0n) is 13.0. The maximum Gasteiger partial charge on any atom is 0.326 e. The molecule has 0 aromatic rings. The third kappa shape index (κ3) is 4.79.